The van der Waals surface area contributed by atoms with E-state index >= 15 is 0 Å². The number of hydrogen-bond donors (Lipinski definition) is 1. The number of nitrogens with one attached hydrogen (secondary N) is 1. The van der Waals surface area contributed by atoms with Crippen LogP contribution in [0.4, 0.5) is 0 Å². The van der Waals surface area contributed by atoms with Crippen molar-refractivity contribution in [1.82, 2.24) is 5.09 Å². The van der Waals surface area contributed by atoms with Crippen molar-refractivity contribution in [2.24, 2.45) is 0 Å². The van der Waals surface area contributed by atoms with Gasteiger partial charge in [-0.3, -0.25) is 9.36 Å². The van der Waals surface area contributed by atoms with Gasteiger partial charge >= 0.3 is 5.97 Å². The molecule has 5 nitrogen and oxygen atoms in total. The lowest BCUT2D eigenvalue weighted by Gasteiger charge is -2.18. The standard InChI is InChI=1S/C8H17ClNO4P/c1-6(2)14-8(11)7(3)10-15(9,12)5-13-4/h6-7H,5H2,1-4H3,(H,10,12). The molecule has 0 heterocycles. The van der Waals surface area contributed by atoms with Crippen molar-refractivity contribution >= 4 is 23.9 Å². The highest BCUT2D eigenvalue weighted by Gasteiger charge is 2.25. The first-order chi connectivity index (χ1) is 6.78. The molecule has 1 N–H and O–H groups in total. The van der Waals surface area contributed by atoms with E-state index < -0.39 is 18.7 Å². The third kappa shape index (κ3) is 6.90. The van der Waals surface area contributed by atoms with Crippen LogP contribution in [0.5, 0.6) is 0 Å². The van der Waals surface area contributed by atoms with Crippen LogP contribution >= 0.6 is 17.9 Å². The van der Waals surface area contributed by atoms with Gasteiger partial charge in [-0.25, -0.2) is 5.09 Å². The highest BCUT2D eigenvalue weighted by atomic mass is 35.7. The van der Waals surface area contributed by atoms with Gasteiger partial charge in [-0.05, 0) is 32.0 Å². The summed E-state index contributed by atoms with van der Waals surface area (Å²) in [4.78, 5) is 11.3. The van der Waals surface area contributed by atoms with Crippen LogP contribution in [0.1, 0.15) is 20.8 Å². The van der Waals surface area contributed by atoms with Crippen molar-refractivity contribution in [2.75, 3.05) is 13.5 Å². The number of carbonyl (C=O) groups excluding carboxylic acids is 1. The average molecular weight is 258 g/mol. The summed E-state index contributed by atoms with van der Waals surface area (Å²) in [7, 11) is 1.38. The first-order valence-electron chi connectivity index (χ1n) is 4.54. The van der Waals surface area contributed by atoms with Crippen molar-refractivity contribution in [3.63, 3.8) is 0 Å². The molecule has 0 aliphatic heterocycles. The summed E-state index contributed by atoms with van der Waals surface area (Å²) in [6, 6.07) is -0.717. The van der Waals surface area contributed by atoms with Crippen LogP contribution in [0, 0.1) is 0 Å². The van der Waals surface area contributed by atoms with E-state index in [1.165, 1.54) is 14.0 Å². The second kappa shape index (κ2) is 6.48. The van der Waals surface area contributed by atoms with Gasteiger partial charge in [-0.15, -0.1) is 0 Å². The Hall–Kier alpha value is -0.0900. The molecule has 2 unspecified atom stereocenters. The fraction of sp³-hybridized carbons (Fsp3) is 0.875. The second-order valence-electron chi connectivity index (χ2n) is 3.41. The quantitative estimate of drug-likeness (QED) is 0.582. The molecule has 0 aliphatic carbocycles. The molecule has 0 aromatic carbocycles. The minimum absolute atomic E-state index is 0.131. The largest absolute Gasteiger partial charge is 0.462 e. The van der Waals surface area contributed by atoms with Gasteiger partial charge in [0, 0.05) is 7.11 Å². The van der Waals surface area contributed by atoms with Crippen LogP contribution in [0.25, 0.3) is 0 Å². The second-order valence-corrected chi connectivity index (χ2v) is 6.86. The van der Waals surface area contributed by atoms with Crippen molar-refractivity contribution < 1.29 is 18.8 Å². The first kappa shape index (κ1) is 14.9. The Morgan fingerprint density at radius 3 is 2.40 bits per heavy atom. The highest BCUT2D eigenvalue weighted by molar-refractivity contribution is 7.87. The Morgan fingerprint density at radius 1 is 1.47 bits per heavy atom. The molecule has 0 bridgehead atoms. The van der Waals surface area contributed by atoms with Gasteiger partial charge in [0.15, 0.2) is 0 Å². The average Bonchev–Trinajstić information content (AvgIpc) is 2.01. The fourth-order valence-corrected chi connectivity index (χ4v) is 2.70. The van der Waals surface area contributed by atoms with E-state index in [1.54, 1.807) is 13.8 Å². The smallest absolute Gasteiger partial charge is 0.323 e. The van der Waals surface area contributed by atoms with Crippen molar-refractivity contribution in [3.05, 3.63) is 0 Å². The summed E-state index contributed by atoms with van der Waals surface area (Å²) in [5, 5.41) is 2.48. The number of ether oxygens (including phenoxy) is 2. The van der Waals surface area contributed by atoms with E-state index in [-0.39, 0.29) is 12.5 Å². The maximum Gasteiger partial charge on any atom is 0.323 e. The summed E-state index contributed by atoms with van der Waals surface area (Å²) >= 11 is 5.62. The maximum atomic E-state index is 11.5. The van der Waals surface area contributed by atoms with E-state index in [2.05, 4.69) is 9.82 Å². The van der Waals surface area contributed by atoms with Crippen LogP contribution in [-0.4, -0.2) is 31.6 Å². The zero-order chi connectivity index (χ0) is 12.1. The van der Waals surface area contributed by atoms with E-state index in [0.29, 0.717) is 0 Å². The number of halogens is 1. The Labute approximate surface area is 94.7 Å². The Balaban J connectivity index is 4.17. The Kier molecular flexibility index (Phi) is 6.44. The number of esters is 1. The molecule has 2 atom stereocenters. The number of hydrogen-bond acceptors (Lipinski definition) is 4. The van der Waals surface area contributed by atoms with E-state index in [1.807, 2.05) is 0 Å². The summed E-state index contributed by atoms with van der Waals surface area (Å²) in [5.74, 6) is -0.484. The molecule has 7 heteroatoms. The molecule has 0 rings (SSSR count). The van der Waals surface area contributed by atoms with Gasteiger partial charge in [-0.2, -0.15) is 0 Å². The molecule has 0 spiro atoms. The predicted octanol–water partition coefficient (Wildman–Crippen LogP) is 1.95. The molecule has 0 aliphatic rings. The summed E-state index contributed by atoms with van der Waals surface area (Å²) < 4.78 is 21.1. The Morgan fingerprint density at radius 2 is 2.00 bits per heavy atom. The third-order valence-electron chi connectivity index (χ3n) is 1.39. The molecule has 0 radical (unpaired) electrons. The SMILES string of the molecule is COCP(=O)(Cl)NC(C)C(=O)OC(C)C. The number of rotatable bonds is 6. The molecule has 0 amide bonds. The molecular weight excluding hydrogens is 241 g/mol. The number of methoxy groups -OCH3 is 1. The zero-order valence-electron chi connectivity index (χ0n) is 9.32. The molecule has 0 aromatic heterocycles. The van der Waals surface area contributed by atoms with Crippen LogP contribution < -0.4 is 5.09 Å². The van der Waals surface area contributed by atoms with Gasteiger partial charge in [0.2, 0.25) is 0 Å². The lowest BCUT2D eigenvalue weighted by atomic mass is 10.4. The molecule has 0 fully saturated rings. The molecule has 90 valence electrons. The fourth-order valence-electron chi connectivity index (χ4n) is 0.880. The zero-order valence-corrected chi connectivity index (χ0v) is 11.0. The highest BCUT2D eigenvalue weighted by Crippen LogP contribution is 2.46. The van der Waals surface area contributed by atoms with E-state index in [9.17, 15) is 9.36 Å². The molecule has 0 saturated carbocycles. The monoisotopic (exact) mass is 257 g/mol. The molecule has 0 saturated heterocycles. The summed E-state index contributed by atoms with van der Waals surface area (Å²) in [5.41, 5.74) is 0. The number of carbonyl (C=O) groups is 1. The van der Waals surface area contributed by atoms with Gasteiger partial charge in [0.1, 0.15) is 12.4 Å². The van der Waals surface area contributed by atoms with Gasteiger partial charge in [0.05, 0.1) is 6.10 Å². The minimum atomic E-state index is -3.15. The first-order valence-corrected chi connectivity index (χ1v) is 7.34. The Bertz CT molecular complexity index is 259. The van der Waals surface area contributed by atoms with Crippen LogP contribution in [-0.2, 0) is 18.8 Å². The minimum Gasteiger partial charge on any atom is -0.462 e. The van der Waals surface area contributed by atoms with E-state index in [4.69, 9.17) is 16.0 Å². The normalized spacial score (nSPS) is 17.2. The van der Waals surface area contributed by atoms with Crippen LogP contribution in [0.3, 0.4) is 0 Å². The lowest BCUT2D eigenvalue weighted by molar-refractivity contribution is -0.148. The molecule has 0 aromatic rings. The molecular formula is C8H17ClNO4P. The van der Waals surface area contributed by atoms with Crippen LogP contribution in [0.15, 0.2) is 0 Å². The predicted molar refractivity (Wildman–Crippen MR) is 59.2 cm³/mol. The summed E-state index contributed by atoms with van der Waals surface area (Å²) in [6.45, 7) is 1.86. The van der Waals surface area contributed by atoms with Crippen LogP contribution in [0.2, 0.25) is 0 Å². The lowest BCUT2D eigenvalue weighted by Crippen LogP contribution is -2.34. The molecule has 15 heavy (non-hydrogen) atoms. The van der Waals surface area contributed by atoms with Gasteiger partial charge < -0.3 is 9.47 Å². The van der Waals surface area contributed by atoms with E-state index in [0.717, 1.165) is 0 Å². The third-order valence-corrected chi connectivity index (χ3v) is 3.34. The maximum absolute atomic E-state index is 11.5. The van der Waals surface area contributed by atoms with Crippen molar-refractivity contribution in [1.29, 1.82) is 0 Å². The summed E-state index contributed by atoms with van der Waals surface area (Å²) in [6.07, 6.45) is -0.340. The van der Waals surface area contributed by atoms with Gasteiger partial charge in [0.25, 0.3) is 6.65 Å². The topological polar surface area (TPSA) is 64.6 Å². The van der Waals surface area contributed by atoms with Crippen molar-refractivity contribution in [2.45, 2.75) is 32.9 Å². The van der Waals surface area contributed by atoms with Gasteiger partial charge in [-0.1, -0.05) is 0 Å². The van der Waals surface area contributed by atoms with Crippen molar-refractivity contribution in [3.8, 4) is 0 Å².